The van der Waals surface area contributed by atoms with Crippen molar-refractivity contribution in [2.45, 2.75) is 13.5 Å². The Bertz CT molecular complexity index is 525. The minimum atomic E-state index is 0.773. The second-order valence-corrected chi connectivity index (χ2v) is 5.24. The summed E-state index contributed by atoms with van der Waals surface area (Å²) in [7, 11) is 0. The highest BCUT2D eigenvalue weighted by molar-refractivity contribution is 9.10. The quantitative estimate of drug-likeness (QED) is 0.839. The molecule has 1 nitrogen and oxygen atoms in total. The van der Waals surface area contributed by atoms with Gasteiger partial charge in [0, 0.05) is 21.7 Å². The van der Waals surface area contributed by atoms with Crippen LogP contribution < -0.4 is 5.32 Å². The lowest BCUT2D eigenvalue weighted by atomic mass is 10.2. The average molecular weight is 311 g/mol. The van der Waals surface area contributed by atoms with Crippen molar-refractivity contribution in [3.8, 4) is 0 Å². The van der Waals surface area contributed by atoms with Crippen LogP contribution in [0.2, 0.25) is 5.02 Å². The SMILES string of the molecule is Cc1ccc(NCc2cccc(Cl)c2)cc1Br. The summed E-state index contributed by atoms with van der Waals surface area (Å²) in [5, 5.41) is 4.14. The fourth-order valence-electron chi connectivity index (χ4n) is 1.55. The Balaban J connectivity index is 2.05. The molecule has 0 heterocycles. The van der Waals surface area contributed by atoms with E-state index in [0.29, 0.717) is 0 Å². The second-order valence-electron chi connectivity index (χ2n) is 3.95. The van der Waals surface area contributed by atoms with Crippen LogP contribution in [0.25, 0.3) is 0 Å². The first-order chi connectivity index (χ1) is 8.15. The molecule has 17 heavy (non-hydrogen) atoms. The number of aryl methyl sites for hydroxylation is 1. The molecule has 2 aromatic rings. The fourth-order valence-corrected chi connectivity index (χ4v) is 2.15. The molecule has 0 amide bonds. The van der Waals surface area contributed by atoms with Crippen molar-refractivity contribution >= 4 is 33.2 Å². The predicted molar refractivity (Wildman–Crippen MR) is 77.7 cm³/mol. The first-order valence-corrected chi connectivity index (χ1v) is 6.57. The molecule has 2 aromatic carbocycles. The van der Waals surface area contributed by atoms with Crippen molar-refractivity contribution in [2.75, 3.05) is 5.32 Å². The number of benzene rings is 2. The summed E-state index contributed by atoms with van der Waals surface area (Å²) in [6.45, 7) is 2.85. The highest BCUT2D eigenvalue weighted by Gasteiger charge is 1.98. The predicted octanol–water partition coefficient (Wildman–Crippen LogP) is 5.02. The van der Waals surface area contributed by atoms with Crippen LogP contribution >= 0.6 is 27.5 Å². The van der Waals surface area contributed by atoms with Crippen LogP contribution in [0.3, 0.4) is 0 Å². The van der Waals surface area contributed by atoms with E-state index in [1.165, 1.54) is 11.1 Å². The monoisotopic (exact) mass is 309 g/mol. The van der Waals surface area contributed by atoms with Gasteiger partial charge in [0.2, 0.25) is 0 Å². The van der Waals surface area contributed by atoms with Crippen molar-refractivity contribution in [1.82, 2.24) is 0 Å². The molecule has 0 aromatic heterocycles. The molecule has 0 spiro atoms. The molecule has 0 saturated heterocycles. The summed E-state index contributed by atoms with van der Waals surface area (Å²) in [6.07, 6.45) is 0. The number of anilines is 1. The maximum absolute atomic E-state index is 5.94. The summed E-state index contributed by atoms with van der Waals surface area (Å²) >= 11 is 9.46. The molecule has 0 bridgehead atoms. The van der Waals surface area contributed by atoms with E-state index in [-0.39, 0.29) is 0 Å². The molecule has 0 saturated carbocycles. The molecule has 0 fully saturated rings. The molecule has 2 rings (SSSR count). The Morgan fingerprint density at radius 2 is 2.00 bits per heavy atom. The van der Waals surface area contributed by atoms with E-state index in [0.717, 1.165) is 21.7 Å². The molecular weight excluding hydrogens is 298 g/mol. The highest BCUT2D eigenvalue weighted by Crippen LogP contribution is 2.21. The second kappa shape index (κ2) is 5.56. The minimum Gasteiger partial charge on any atom is -0.381 e. The zero-order chi connectivity index (χ0) is 12.3. The van der Waals surface area contributed by atoms with Gasteiger partial charge in [-0.15, -0.1) is 0 Å². The van der Waals surface area contributed by atoms with E-state index >= 15 is 0 Å². The normalized spacial score (nSPS) is 10.3. The van der Waals surface area contributed by atoms with Crippen molar-refractivity contribution in [3.05, 3.63) is 63.1 Å². The van der Waals surface area contributed by atoms with Gasteiger partial charge in [-0.25, -0.2) is 0 Å². The molecule has 0 aliphatic carbocycles. The number of nitrogens with one attached hydrogen (secondary N) is 1. The van der Waals surface area contributed by atoms with Crippen molar-refractivity contribution in [2.24, 2.45) is 0 Å². The van der Waals surface area contributed by atoms with Gasteiger partial charge in [-0.2, -0.15) is 0 Å². The van der Waals surface area contributed by atoms with Gasteiger partial charge in [0.25, 0.3) is 0 Å². The van der Waals surface area contributed by atoms with Crippen LogP contribution in [-0.2, 0) is 6.54 Å². The molecular formula is C14H13BrClN. The van der Waals surface area contributed by atoms with Crippen molar-refractivity contribution in [3.63, 3.8) is 0 Å². The van der Waals surface area contributed by atoms with Crippen LogP contribution in [-0.4, -0.2) is 0 Å². The lowest BCUT2D eigenvalue weighted by molar-refractivity contribution is 1.15. The summed E-state index contributed by atoms with van der Waals surface area (Å²) in [6, 6.07) is 14.1. The van der Waals surface area contributed by atoms with Crippen LogP contribution in [0.15, 0.2) is 46.9 Å². The molecule has 1 N–H and O–H groups in total. The Kier molecular flexibility index (Phi) is 4.08. The van der Waals surface area contributed by atoms with E-state index < -0.39 is 0 Å². The number of hydrogen-bond acceptors (Lipinski definition) is 1. The van der Waals surface area contributed by atoms with E-state index in [1.807, 2.05) is 18.2 Å². The van der Waals surface area contributed by atoms with Crippen molar-refractivity contribution in [1.29, 1.82) is 0 Å². The molecule has 0 radical (unpaired) electrons. The summed E-state index contributed by atoms with van der Waals surface area (Å²) in [5.41, 5.74) is 3.51. The minimum absolute atomic E-state index is 0.773. The molecule has 0 aliphatic rings. The zero-order valence-electron chi connectivity index (χ0n) is 9.50. The summed E-state index contributed by atoms with van der Waals surface area (Å²) in [5.74, 6) is 0. The van der Waals surface area contributed by atoms with E-state index in [2.05, 4.69) is 52.4 Å². The average Bonchev–Trinajstić information content (AvgIpc) is 2.31. The number of halogens is 2. The van der Waals surface area contributed by atoms with Crippen LogP contribution in [0.4, 0.5) is 5.69 Å². The third-order valence-electron chi connectivity index (χ3n) is 2.56. The number of hydrogen-bond donors (Lipinski definition) is 1. The third kappa shape index (κ3) is 3.48. The standard InChI is InChI=1S/C14H13BrClN/c1-10-5-6-13(8-14(10)15)17-9-11-3-2-4-12(16)7-11/h2-8,17H,9H2,1H3. The Labute approximate surface area is 115 Å². The summed E-state index contributed by atoms with van der Waals surface area (Å²) in [4.78, 5) is 0. The maximum atomic E-state index is 5.94. The fraction of sp³-hybridized carbons (Fsp3) is 0.143. The van der Waals surface area contributed by atoms with Gasteiger partial charge in [0.1, 0.15) is 0 Å². The van der Waals surface area contributed by atoms with Gasteiger partial charge in [-0.05, 0) is 42.3 Å². The first-order valence-electron chi connectivity index (χ1n) is 5.39. The molecule has 3 heteroatoms. The Morgan fingerprint density at radius 3 is 2.71 bits per heavy atom. The first kappa shape index (κ1) is 12.5. The van der Waals surface area contributed by atoms with Crippen molar-refractivity contribution < 1.29 is 0 Å². The largest absolute Gasteiger partial charge is 0.381 e. The van der Waals surface area contributed by atoms with E-state index in [4.69, 9.17) is 11.6 Å². The van der Waals surface area contributed by atoms with Gasteiger partial charge in [-0.1, -0.05) is 45.7 Å². The topological polar surface area (TPSA) is 12.0 Å². The molecule has 0 atom stereocenters. The lowest BCUT2D eigenvalue weighted by Crippen LogP contribution is -1.99. The zero-order valence-corrected chi connectivity index (χ0v) is 11.8. The van der Waals surface area contributed by atoms with Crippen LogP contribution in [0.5, 0.6) is 0 Å². The summed E-state index contributed by atoms with van der Waals surface area (Å²) < 4.78 is 1.12. The molecule has 0 aliphatic heterocycles. The Hall–Kier alpha value is -0.990. The van der Waals surface area contributed by atoms with Gasteiger partial charge in [0.15, 0.2) is 0 Å². The van der Waals surface area contributed by atoms with E-state index in [9.17, 15) is 0 Å². The molecule has 0 unspecified atom stereocenters. The maximum Gasteiger partial charge on any atom is 0.0409 e. The lowest BCUT2D eigenvalue weighted by Gasteiger charge is -2.08. The number of rotatable bonds is 3. The van der Waals surface area contributed by atoms with Crippen LogP contribution in [0.1, 0.15) is 11.1 Å². The van der Waals surface area contributed by atoms with Gasteiger partial charge < -0.3 is 5.32 Å². The van der Waals surface area contributed by atoms with Gasteiger partial charge in [-0.3, -0.25) is 0 Å². The molecule has 88 valence electrons. The van der Waals surface area contributed by atoms with Crippen LogP contribution in [0, 0.1) is 6.92 Å². The Morgan fingerprint density at radius 1 is 1.18 bits per heavy atom. The van der Waals surface area contributed by atoms with E-state index in [1.54, 1.807) is 0 Å². The third-order valence-corrected chi connectivity index (χ3v) is 3.65. The van der Waals surface area contributed by atoms with Gasteiger partial charge in [0.05, 0.1) is 0 Å². The highest BCUT2D eigenvalue weighted by atomic mass is 79.9. The smallest absolute Gasteiger partial charge is 0.0409 e. The van der Waals surface area contributed by atoms with Gasteiger partial charge >= 0.3 is 0 Å².